The van der Waals surface area contributed by atoms with Gasteiger partial charge in [0.25, 0.3) is 0 Å². The summed E-state index contributed by atoms with van der Waals surface area (Å²) < 4.78 is 16.6. The average Bonchev–Trinajstić information content (AvgIpc) is 3.03. The largest absolute Gasteiger partial charge is 0.494 e. The summed E-state index contributed by atoms with van der Waals surface area (Å²) in [4.78, 5) is 16.4. The van der Waals surface area contributed by atoms with E-state index in [1.807, 2.05) is 19.9 Å². The maximum atomic E-state index is 11.9. The zero-order valence-electron chi connectivity index (χ0n) is 17.7. The average molecular weight is 520 g/mol. The molecule has 0 radical (unpaired) electrons. The number of aliphatic imine (C=N–C) groups is 1. The van der Waals surface area contributed by atoms with Crippen LogP contribution < -0.4 is 25.4 Å². The van der Waals surface area contributed by atoms with Crippen molar-refractivity contribution in [2.45, 2.75) is 39.8 Å². The highest BCUT2D eigenvalue weighted by molar-refractivity contribution is 14.0. The number of fused-ring (bicyclic) bond motifs is 1. The molecule has 1 atom stereocenters. The van der Waals surface area contributed by atoms with Crippen LogP contribution in [0.1, 0.15) is 31.9 Å². The number of benzene rings is 1. The molecule has 0 saturated heterocycles. The van der Waals surface area contributed by atoms with Gasteiger partial charge >= 0.3 is 0 Å². The molecule has 0 aliphatic carbocycles. The van der Waals surface area contributed by atoms with E-state index in [4.69, 9.17) is 14.2 Å². The summed E-state index contributed by atoms with van der Waals surface area (Å²) in [5.41, 5.74) is 2.12. The molecule has 8 nitrogen and oxygen atoms in total. The SMILES string of the molecule is CCNC(=NCc1cc2c(cc1OCC)CC(C)O2)NCC(=O)NCCOC.I. The van der Waals surface area contributed by atoms with Gasteiger partial charge in [-0.25, -0.2) is 4.99 Å². The number of ether oxygens (including phenoxy) is 3. The van der Waals surface area contributed by atoms with Crippen molar-refractivity contribution in [3.05, 3.63) is 23.3 Å². The number of methoxy groups -OCH3 is 1. The van der Waals surface area contributed by atoms with Crippen LogP contribution in [0.5, 0.6) is 11.5 Å². The van der Waals surface area contributed by atoms with Crippen LogP contribution in [0.4, 0.5) is 0 Å². The van der Waals surface area contributed by atoms with Crippen molar-refractivity contribution in [2.75, 3.05) is 40.0 Å². The number of halogens is 1. The van der Waals surface area contributed by atoms with Gasteiger partial charge in [-0.15, -0.1) is 24.0 Å². The van der Waals surface area contributed by atoms with Crippen LogP contribution in [0.3, 0.4) is 0 Å². The first-order valence-electron chi connectivity index (χ1n) is 9.80. The molecule has 9 heteroatoms. The number of nitrogens with zero attached hydrogens (tertiary/aromatic N) is 1. The quantitative estimate of drug-likeness (QED) is 0.189. The monoisotopic (exact) mass is 520 g/mol. The third kappa shape index (κ3) is 8.25. The molecule has 1 aliphatic heterocycles. The van der Waals surface area contributed by atoms with E-state index in [1.54, 1.807) is 7.11 Å². The molecule has 0 aromatic heterocycles. The maximum absolute atomic E-state index is 11.9. The minimum absolute atomic E-state index is 0. The molecule has 2 rings (SSSR count). The van der Waals surface area contributed by atoms with Gasteiger partial charge in [-0.2, -0.15) is 0 Å². The summed E-state index contributed by atoms with van der Waals surface area (Å²) in [6.07, 6.45) is 1.07. The molecule has 1 heterocycles. The van der Waals surface area contributed by atoms with E-state index in [9.17, 15) is 4.79 Å². The Kier molecular flexibility index (Phi) is 11.7. The minimum atomic E-state index is -0.113. The van der Waals surface area contributed by atoms with Crippen molar-refractivity contribution in [3.63, 3.8) is 0 Å². The van der Waals surface area contributed by atoms with Crippen LogP contribution in [0.2, 0.25) is 0 Å². The van der Waals surface area contributed by atoms with Crippen molar-refractivity contribution in [1.29, 1.82) is 0 Å². The summed E-state index contributed by atoms with van der Waals surface area (Å²) in [7, 11) is 1.60. The number of guanidine groups is 1. The number of carbonyl (C=O) groups excluding carboxylic acids is 1. The van der Waals surface area contributed by atoms with Crippen molar-refractivity contribution in [2.24, 2.45) is 4.99 Å². The first-order chi connectivity index (χ1) is 13.6. The lowest BCUT2D eigenvalue weighted by molar-refractivity contribution is -0.120. The van der Waals surface area contributed by atoms with E-state index in [0.29, 0.717) is 38.8 Å². The first kappa shape index (κ1) is 25.3. The lowest BCUT2D eigenvalue weighted by Gasteiger charge is -2.14. The summed E-state index contributed by atoms with van der Waals surface area (Å²) >= 11 is 0. The van der Waals surface area contributed by atoms with Crippen molar-refractivity contribution in [3.8, 4) is 11.5 Å². The third-order valence-electron chi connectivity index (χ3n) is 4.18. The van der Waals surface area contributed by atoms with Gasteiger partial charge in [-0.1, -0.05) is 0 Å². The third-order valence-corrected chi connectivity index (χ3v) is 4.18. The highest BCUT2D eigenvalue weighted by atomic mass is 127. The zero-order chi connectivity index (χ0) is 20.4. The van der Waals surface area contributed by atoms with Gasteiger partial charge in [-0.05, 0) is 32.9 Å². The van der Waals surface area contributed by atoms with Gasteiger partial charge in [0.2, 0.25) is 5.91 Å². The van der Waals surface area contributed by atoms with E-state index in [1.165, 1.54) is 5.56 Å². The summed E-state index contributed by atoms with van der Waals surface area (Å²) in [5, 5.41) is 8.96. The fourth-order valence-electron chi connectivity index (χ4n) is 2.92. The van der Waals surface area contributed by atoms with E-state index < -0.39 is 0 Å². The van der Waals surface area contributed by atoms with Crippen LogP contribution in [0.15, 0.2) is 17.1 Å². The van der Waals surface area contributed by atoms with Gasteiger partial charge in [0.1, 0.15) is 17.6 Å². The lowest BCUT2D eigenvalue weighted by Crippen LogP contribution is -2.43. The summed E-state index contributed by atoms with van der Waals surface area (Å²) in [6, 6.07) is 4.06. The lowest BCUT2D eigenvalue weighted by atomic mass is 10.1. The Morgan fingerprint density at radius 3 is 2.76 bits per heavy atom. The second kappa shape index (κ2) is 13.5. The van der Waals surface area contributed by atoms with Crippen molar-refractivity contribution in [1.82, 2.24) is 16.0 Å². The normalized spacial score (nSPS) is 15.0. The van der Waals surface area contributed by atoms with Gasteiger partial charge in [0, 0.05) is 37.7 Å². The van der Waals surface area contributed by atoms with Crippen molar-refractivity contribution < 1.29 is 19.0 Å². The van der Waals surface area contributed by atoms with Crippen molar-refractivity contribution >= 4 is 35.8 Å². The van der Waals surface area contributed by atoms with Gasteiger partial charge in [-0.3, -0.25) is 4.79 Å². The Labute approximate surface area is 190 Å². The molecule has 0 spiro atoms. The van der Waals surface area contributed by atoms with Crippen LogP contribution in [0.25, 0.3) is 0 Å². The molecule has 1 amide bonds. The topological polar surface area (TPSA) is 93.2 Å². The Bertz CT molecular complexity index is 685. The Morgan fingerprint density at radius 1 is 1.28 bits per heavy atom. The molecule has 1 unspecified atom stereocenters. The number of hydrogen-bond acceptors (Lipinski definition) is 5. The van der Waals surface area contributed by atoms with E-state index in [-0.39, 0.29) is 42.5 Å². The smallest absolute Gasteiger partial charge is 0.239 e. The van der Waals surface area contributed by atoms with E-state index in [2.05, 4.69) is 33.9 Å². The van der Waals surface area contributed by atoms with E-state index >= 15 is 0 Å². The van der Waals surface area contributed by atoms with Crippen LogP contribution >= 0.6 is 24.0 Å². The Balaban J connectivity index is 0.00000420. The molecule has 164 valence electrons. The zero-order valence-corrected chi connectivity index (χ0v) is 20.0. The second-order valence-corrected chi connectivity index (χ2v) is 6.52. The fraction of sp³-hybridized carbons (Fsp3) is 0.600. The summed E-state index contributed by atoms with van der Waals surface area (Å²) in [5.74, 6) is 2.19. The predicted molar refractivity (Wildman–Crippen MR) is 125 cm³/mol. The standard InChI is InChI=1S/C20H32N4O4.HI/c1-5-21-20(24-13-19(25)22-7-8-26-4)23-12-16-11-18-15(9-14(3)28-18)10-17(16)27-6-2;/h10-11,14H,5-9,12-13H2,1-4H3,(H,22,25)(H2,21,23,24);1H. The number of nitrogens with one attached hydrogen (secondary N) is 3. The fourth-order valence-corrected chi connectivity index (χ4v) is 2.92. The molecule has 1 aromatic rings. The number of amides is 1. The molecule has 0 fully saturated rings. The molecule has 1 aromatic carbocycles. The first-order valence-corrected chi connectivity index (χ1v) is 9.80. The highest BCUT2D eigenvalue weighted by Gasteiger charge is 2.21. The van der Waals surface area contributed by atoms with Crippen LogP contribution in [0, 0.1) is 0 Å². The molecule has 29 heavy (non-hydrogen) atoms. The van der Waals surface area contributed by atoms with Crippen LogP contribution in [-0.2, 0) is 22.5 Å². The summed E-state index contributed by atoms with van der Waals surface area (Å²) in [6.45, 7) is 8.81. The highest BCUT2D eigenvalue weighted by Crippen LogP contribution is 2.35. The second-order valence-electron chi connectivity index (χ2n) is 6.52. The van der Waals surface area contributed by atoms with Gasteiger partial charge in [0.15, 0.2) is 5.96 Å². The molecule has 0 bridgehead atoms. The number of rotatable bonds is 10. The van der Waals surface area contributed by atoms with Crippen LogP contribution in [-0.4, -0.2) is 57.9 Å². The minimum Gasteiger partial charge on any atom is -0.494 e. The Hall–Kier alpha value is -1.75. The Morgan fingerprint density at radius 2 is 2.07 bits per heavy atom. The molecule has 1 aliphatic rings. The molecule has 3 N–H and O–H groups in total. The number of hydrogen-bond donors (Lipinski definition) is 3. The molecular formula is C20H33IN4O4. The van der Waals surface area contributed by atoms with Gasteiger partial charge < -0.3 is 30.2 Å². The number of carbonyl (C=O) groups is 1. The van der Waals surface area contributed by atoms with Gasteiger partial charge in [0.05, 0.1) is 26.3 Å². The maximum Gasteiger partial charge on any atom is 0.239 e. The molecular weight excluding hydrogens is 487 g/mol. The molecule has 0 saturated carbocycles. The van der Waals surface area contributed by atoms with E-state index in [0.717, 1.165) is 23.5 Å². The predicted octanol–water partition coefficient (Wildman–Crippen LogP) is 1.84.